The van der Waals surface area contributed by atoms with Gasteiger partial charge in [-0.1, -0.05) is 45.4 Å². The molecule has 0 aromatic heterocycles. The Labute approximate surface area is 162 Å². The summed E-state index contributed by atoms with van der Waals surface area (Å²) in [5, 5.41) is 8.71. The van der Waals surface area contributed by atoms with Crippen molar-refractivity contribution in [2.75, 3.05) is 11.5 Å². The molecule has 0 aromatic rings. The highest BCUT2D eigenvalue weighted by Crippen LogP contribution is 2.56. The predicted octanol–water partition coefficient (Wildman–Crippen LogP) is 4.90. The molecule has 3 aliphatic rings. The van der Waals surface area contributed by atoms with Crippen LogP contribution >= 0.6 is 11.8 Å². The Morgan fingerprint density at radius 3 is 2.19 bits per heavy atom. The summed E-state index contributed by atoms with van der Waals surface area (Å²) in [5.41, 5.74) is 0. The zero-order chi connectivity index (χ0) is 18.4. The molecule has 1 N–H and O–H groups in total. The molecule has 3 aliphatic heterocycles. The average Bonchev–Trinajstić information content (AvgIpc) is 3.25. The number of hydrogen-bond acceptors (Lipinski definition) is 4. The minimum atomic E-state index is -0.671. The quantitative estimate of drug-likeness (QED) is 0.321. The minimum absolute atomic E-state index is 0.312. The van der Waals surface area contributed by atoms with Crippen LogP contribution in [0.1, 0.15) is 77.6 Å². The molecule has 0 aromatic carbocycles. The van der Waals surface area contributed by atoms with E-state index >= 15 is 0 Å². The molecule has 0 spiro atoms. The highest BCUT2D eigenvalue weighted by molar-refractivity contribution is 7.99. The van der Waals surface area contributed by atoms with Gasteiger partial charge < -0.3 is 14.6 Å². The van der Waals surface area contributed by atoms with Gasteiger partial charge in [0.05, 0.1) is 12.2 Å². The lowest BCUT2D eigenvalue weighted by atomic mass is 9.75. The maximum Gasteiger partial charge on any atom is 0.303 e. The largest absolute Gasteiger partial charge is 0.481 e. The number of epoxide rings is 1. The van der Waals surface area contributed by atoms with Crippen molar-refractivity contribution in [3.63, 3.8) is 0 Å². The highest BCUT2D eigenvalue weighted by atomic mass is 32.2. The lowest BCUT2D eigenvalue weighted by Gasteiger charge is -2.26. The molecular weight excluding hydrogens is 348 g/mol. The Balaban J connectivity index is 1.32. The Morgan fingerprint density at radius 2 is 1.46 bits per heavy atom. The summed E-state index contributed by atoms with van der Waals surface area (Å²) in [6.45, 7) is 2.27. The number of ether oxygens (including phenoxy) is 2. The Kier molecular flexibility index (Phi) is 8.13. The molecule has 3 saturated heterocycles. The molecule has 3 fully saturated rings. The fourth-order valence-corrected chi connectivity index (χ4v) is 5.95. The lowest BCUT2D eigenvalue weighted by Crippen LogP contribution is -2.33. The third kappa shape index (κ3) is 5.39. The summed E-state index contributed by atoms with van der Waals surface area (Å²) in [7, 11) is 0. The normalized spacial score (nSPS) is 34.2. The van der Waals surface area contributed by atoms with E-state index in [9.17, 15) is 4.79 Å². The van der Waals surface area contributed by atoms with Crippen LogP contribution in [0.15, 0.2) is 0 Å². The van der Waals surface area contributed by atoms with Gasteiger partial charge in [-0.3, -0.25) is 4.79 Å². The molecule has 150 valence electrons. The third-order valence-corrected chi connectivity index (χ3v) is 7.43. The number of aliphatic carboxylic acids is 1. The molecule has 3 heterocycles. The van der Waals surface area contributed by atoms with Crippen molar-refractivity contribution in [1.29, 1.82) is 0 Å². The van der Waals surface area contributed by atoms with Gasteiger partial charge in [-0.2, -0.15) is 11.8 Å². The summed E-state index contributed by atoms with van der Waals surface area (Å²) >= 11 is 2.12. The second kappa shape index (κ2) is 10.3. The summed E-state index contributed by atoms with van der Waals surface area (Å²) < 4.78 is 12.1. The van der Waals surface area contributed by atoms with Gasteiger partial charge in [0.1, 0.15) is 12.2 Å². The number of rotatable bonds is 15. The van der Waals surface area contributed by atoms with Gasteiger partial charge >= 0.3 is 5.97 Å². The number of unbranched alkanes of at least 4 members (excludes halogenated alkanes) is 6. The predicted molar refractivity (Wildman–Crippen MR) is 106 cm³/mol. The van der Waals surface area contributed by atoms with E-state index in [-0.39, 0.29) is 0 Å². The number of hydrogen-bond donors (Lipinski definition) is 1. The highest BCUT2D eigenvalue weighted by Gasteiger charge is 2.68. The molecule has 6 unspecified atom stereocenters. The zero-order valence-electron chi connectivity index (χ0n) is 16.2. The van der Waals surface area contributed by atoms with Crippen molar-refractivity contribution >= 4 is 17.7 Å². The average molecular weight is 385 g/mol. The van der Waals surface area contributed by atoms with Crippen molar-refractivity contribution in [2.45, 2.75) is 102 Å². The lowest BCUT2D eigenvalue weighted by molar-refractivity contribution is -0.137. The first-order valence-corrected chi connectivity index (χ1v) is 12.0. The SMILES string of the molecule is CCCCCCSCCC1C(CCCCCCC(=O)O)C2OC1C1OC21. The monoisotopic (exact) mass is 384 g/mol. The molecule has 0 radical (unpaired) electrons. The van der Waals surface area contributed by atoms with Crippen molar-refractivity contribution in [1.82, 2.24) is 0 Å². The number of carbonyl (C=O) groups is 1. The van der Waals surface area contributed by atoms with E-state index in [0.717, 1.165) is 19.3 Å². The zero-order valence-corrected chi connectivity index (χ0v) is 17.1. The summed E-state index contributed by atoms with van der Waals surface area (Å²) in [6, 6.07) is 0. The van der Waals surface area contributed by atoms with E-state index in [1.807, 2.05) is 0 Å². The van der Waals surface area contributed by atoms with Gasteiger partial charge in [0, 0.05) is 6.42 Å². The van der Waals surface area contributed by atoms with Crippen LogP contribution in [0.5, 0.6) is 0 Å². The summed E-state index contributed by atoms with van der Waals surface area (Å²) in [6.07, 6.45) is 14.0. The van der Waals surface area contributed by atoms with Gasteiger partial charge in [-0.15, -0.1) is 0 Å². The van der Waals surface area contributed by atoms with Crippen molar-refractivity contribution in [3.05, 3.63) is 0 Å². The standard InChI is InChI=1S/C21H36O4S/c1-2-3-4-9-13-26-14-12-16-15(10-7-5-6-8-11-17(22)23)18-20-21(25-20)19(16)24-18/h15-16,18-21H,2-14H2,1H3,(H,22,23). The van der Waals surface area contributed by atoms with Gasteiger partial charge in [0.15, 0.2) is 0 Å². The summed E-state index contributed by atoms with van der Waals surface area (Å²) in [4.78, 5) is 10.6. The van der Waals surface area contributed by atoms with Crippen molar-refractivity contribution < 1.29 is 19.4 Å². The third-order valence-electron chi connectivity index (χ3n) is 6.33. The molecule has 3 rings (SSSR count). The van der Waals surface area contributed by atoms with Gasteiger partial charge in [0.25, 0.3) is 0 Å². The van der Waals surface area contributed by atoms with Crippen LogP contribution in [0.2, 0.25) is 0 Å². The molecule has 4 nitrogen and oxygen atoms in total. The number of carboxylic acid groups (broad SMARTS) is 1. The molecule has 5 heteroatoms. The molecule has 0 amide bonds. The van der Waals surface area contributed by atoms with E-state index in [1.165, 1.54) is 56.5 Å². The Hall–Kier alpha value is -0.260. The maximum atomic E-state index is 10.6. The smallest absolute Gasteiger partial charge is 0.303 e. The van der Waals surface area contributed by atoms with Gasteiger partial charge in [0.2, 0.25) is 0 Å². The van der Waals surface area contributed by atoms with Crippen molar-refractivity contribution in [2.24, 2.45) is 11.8 Å². The van der Waals surface area contributed by atoms with Crippen LogP contribution in [-0.2, 0) is 14.3 Å². The van der Waals surface area contributed by atoms with E-state index < -0.39 is 5.97 Å². The number of carboxylic acids is 1. The Morgan fingerprint density at radius 1 is 0.808 bits per heavy atom. The second-order valence-corrected chi connectivity index (χ2v) is 9.49. The summed E-state index contributed by atoms with van der Waals surface area (Å²) in [5.74, 6) is 3.25. The van der Waals surface area contributed by atoms with E-state index in [1.54, 1.807) is 0 Å². The molecule has 2 bridgehead atoms. The molecular formula is C21H36O4S. The van der Waals surface area contributed by atoms with Crippen molar-refractivity contribution in [3.8, 4) is 0 Å². The van der Waals surface area contributed by atoms with Gasteiger partial charge in [-0.25, -0.2) is 0 Å². The van der Waals surface area contributed by atoms with Crippen LogP contribution < -0.4 is 0 Å². The van der Waals surface area contributed by atoms with Crippen LogP contribution in [0.4, 0.5) is 0 Å². The molecule has 0 saturated carbocycles. The maximum absolute atomic E-state index is 10.6. The first kappa shape index (κ1) is 20.5. The number of fused-ring (bicyclic) bond motifs is 5. The number of thioether (sulfide) groups is 1. The van der Waals surface area contributed by atoms with Crippen LogP contribution in [0.25, 0.3) is 0 Å². The van der Waals surface area contributed by atoms with Gasteiger partial charge in [-0.05, 0) is 49.0 Å². The first-order chi connectivity index (χ1) is 12.7. The van der Waals surface area contributed by atoms with E-state index in [2.05, 4.69) is 18.7 Å². The molecule has 6 atom stereocenters. The fraction of sp³-hybridized carbons (Fsp3) is 0.952. The van der Waals surface area contributed by atoms with E-state index in [4.69, 9.17) is 14.6 Å². The fourth-order valence-electron chi connectivity index (χ4n) is 4.90. The molecule has 26 heavy (non-hydrogen) atoms. The minimum Gasteiger partial charge on any atom is -0.481 e. The Bertz CT molecular complexity index is 444. The first-order valence-electron chi connectivity index (χ1n) is 10.8. The van der Waals surface area contributed by atoms with Crippen LogP contribution in [0.3, 0.4) is 0 Å². The topological polar surface area (TPSA) is 59.1 Å². The van der Waals surface area contributed by atoms with E-state index in [0.29, 0.717) is 42.7 Å². The van der Waals surface area contributed by atoms with Crippen LogP contribution in [-0.4, -0.2) is 47.0 Å². The second-order valence-electron chi connectivity index (χ2n) is 8.27. The van der Waals surface area contributed by atoms with Crippen LogP contribution in [0, 0.1) is 11.8 Å². The molecule has 0 aliphatic carbocycles.